The molecule has 0 amide bonds. The molecule has 0 unspecified atom stereocenters. The number of halogens is 2. The highest BCUT2D eigenvalue weighted by molar-refractivity contribution is 9.09. The molecule has 0 radical (unpaired) electrons. The molecule has 9 heteroatoms. The van der Waals surface area contributed by atoms with E-state index in [9.17, 15) is 14.3 Å². The lowest BCUT2D eigenvalue weighted by molar-refractivity contribution is -0.0458. The van der Waals surface area contributed by atoms with E-state index in [0.717, 1.165) is 10.8 Å². The Bertz CT molecular complexity index is 511. The molecule has 1 aromatic heterocycles. The predicted molar refractivity (Wildman–Crippen MR) is 62.6 cm³/mol. The largest absolute Gasteiger partial charge is 0.394 e. The minimum Gasteiger partial charge on any atom is -0.394 e. The molecule has 4 atom stereocenters. The second kappa shape index (κ2) is 4.92. The van der Waals surface area contributed by atoms with Gasteiger partial charge in [-0.1, -0.05) is 15.9 Å². The highest BCUT2D eigenvalue weighted by Crippen LogP contribution is 2.33. The Morgan fingerprint density at radius 3 is 2.89 bits per heavy atom. The van der Waals surface area contributed by atoms with Gasteiger partial charge >= 0.3 is 5.69 Å². The molecule has 1 fully saturated rings. The van der Waals surface area contributed by atoms with Crippen LogP contribution in [0.5, 0.6) is 0 Å². The fourth-order valence-electron chi connectivity index (χ4n) is 1.72. The summed E-state index contributed by atoms with van der Waals surface area (Å²) < 4.78 is 19.4. The third-order valence-electron chi connectivity index (χ3n) is 2.68. The Labute approximate surface area is 109 Å². The average molecular weight is 324 g/mol. The molecule has 0 aromatic carbocycles. The van der Waals surface area contributed by atoms with Gasteiger partial charge in [-0.15, -0.1) is 0 Å². The molecule has 0 bridgehead atoms. The normalized spacial score (nSPS) is 31.8. The second-order valence-corrected chi connectivity index (χ2v) is 4.90. The van der Waals surface area contributed by atoms with Crippen molar-refractivity contribution in [2.24, 2.45) is 0 Å². The molecular weight excluding hydrogens is 313 g/mol. The number of hydrogen-bond donors (Lipinski definition) is 3. The fourth-order valence-corrected chi connectivity index (χ4v) is 2.44. The zero-order valence-corrected chi connectivity index (χ0v) is 10.6. The van der Waals surface area contributed by atoms with Gasteiger partial charge in [0.2, 0.25) is 0 Å². The molecule has 1 aromatic rings. The van der Waals surface area contributed by atoms with Crippen molar-refractivity contribution < 1.29 is 19.3 Å². The zero-order valence-electron chi connectivity index (χ0n) is 9.03. The van der Waals surface area contributed by atoms with Gasteiger partial charge in [0.1, 0.15) is 6.10 Å². The molecule has 7 nitrogen and oxygen atoms in total. The third kappa shape index (κ3) is 2.14. The lowest BCUT2D eigenvalue weighted by atomic mass is 10.2. The predicted octanol–water partition coefficient (Wildman–Crippen LogP) is -1.02. The minimum atomic E-state index is -1.02. The number of ether oxygens (including phenoxy) is 1. The highest BCUT2D eigenvalue weighted by Gasteiger charge is 2.43. The first kappa shape index (κ1) is 13.4. The van der Waals surface area contributed by atoms with Crippen molar-refractivity contribution in [3.63, 3.8) is 0 Å². The number of nitrogens with two attached hydrogens (primary N) is 1. The van der Waals surface area contributed by atoms with Crippen LogP contribution in [0, 0.1) is 5.82 Å². The highest BCUT2D eigenvalue weighted by atomic mass is 79.9. The van der Waals surface area contributed by atoms with Crippen LogP contribution < -0.4 is 11.4 Å². The second-order valence-electron chi connectivity index (χ2n) is 3.85. The molecule has 0 spiro atoms. The van der Waals surface area contributed by atoms with Crippen LogP contribution in [0.3, 0.4) is 0 Å². The van der Waals surface area contributed by atoms with Crippen molar-refractivity contribution in [1.82, 2.24) is 9.55 Å². The number of aliphatic hydroxyl groups is 2. The van der Waals surface area contributed by atoms with Crippen molar-refractivity contribution in [3.05, 3.63) is 22.5 Å². The molecule has 1 aliphatic rings. The SMILES string of the molecule is Nc1nc(=O)n([C@@H]2O[C@H](CO)[C@@H](O)[C@@H]2Br)cc1F. The molecular formula is C9H11BrFN3O4. The maximum absolute atomic E-state index is 13.3. The quantitative estimate of drug-likeness (QED) is 0.601. The lowest BCUT2D eigenvalue weighted by Crippen LogP contribution is -2.33. The molecule has 4 N–H and O–H groups in total. The van der Waals surface area contributed by atoms with Gasteiger partial charge in [-0.25, -0.2) is 9.18 Å². The third-order valence-corrected chi connectivity index (χ3v) is 3.68. The number of anilines is 1. The van der Waals surface area contributed by atoms with Crippen LogP contribution in [0.2, 0.25) is 0 Å². The van der Waals surface area contributed by atoms with Crippen LogP contribution >= 0.6 is 15.9 Å². The summed E-state index contributed by atoms with van der Waals surface area (Å²) in [5, 5.41) is 18.7. The van der Waals surface area contributed by atoms with E-state index in [1.54, 1.807) is 0 Å². The fraction of sp³-hybridized carbons (Fsp3) is 0.556. The Hall–Kier alpha value is -1.03. The van der Waals surface area contributed by atoms with E-state index < -0.39 is 47.2 Å². The summed E-state index contributed by atoms with van der Waals surface area (Å²) in [4.78, 5) is 14.2. The summed E-state index contributed by atoms with van der Waals surface area (Å²) in [6, 6.07) is 0. The van der Waals surface area contributed by atoms with Gasteiger partial charge in [0, 0.05) is 0 Å². The monoisotopic (exact) mass is 323 g/mol. The van der Waals surface area contributed by atoms with E-state index in [2.05, 4.69) is 20.9 Å². The maximum atomic E-state index is 13.3. The average Bonchev–Trinajstić information content (AvgIpc) is 2.61. The van der Waals surface area contributed by atoms with Crippen LogP contribution in [0.1, 0.15) is 6.23 Å². The Balaban J connectivity index is 2.39. The van der Waals surface area contributed by atoms with Crippen molar-refractivity contribution in [3.8, 4) is 0 Å². The number of aliphatic hydroxyl groups excluding tert-OH is 2. The van der Waals surface area contributed by atoms with E-state index in [1.807, 2.05) is 0 Å². The van der Waals surface area contributed by atoms with Gasteiger partial charge in [-0.3, -0.25) is 4.57 Å². The summed E-state index contributed by atoms with van der Waals surface area (Å²) in [7, 11) is 0. The van der Waals surface area contributed by atoms with Crippen molar-refractivity contribution in [2.45, 2.75) is 23.3 Å². The molecule has 2 rings (SSSR count). The standard InChI is InChI=1S/C9H11BrFN3O4/c10-5-6(16)4(2-15)18-8(5)14-1-3(11)7(12)13-9(14)17/h1,4-6,8,15-16H,2H2,(H2,12,13,17)/t4-,5+,6-,8-/m1/s1. The molecule has 1 aliphatic heterocycles. The van der Waals surface area contributed by atoms with Crippen molar-refractivity contribution >= 4 is 21.7 Å². The van der Waals surface area contributed by atoms with E-state index in [0.29, 0.717) is 0 Å². The van der Waals surface area contributed by atoms with Crippen LogP contribution in [0.4, 0.5) is 10.2 Å². The first-order chi connectivity index (χ1) is 8.45. The lowest BCUT2D eigenvalue weighted by Gasteiger charge is -2.16. The Kier molecular flexibility index (Phi) is 3.66. The molecule has 2 heterocycles. The summed E-state index contributed by atoms with van der Waals surface area (Å²) in [5.41, 5.74) is 4.37. The number of alkyl halides is 1. The van der Waals surface area contributed by atoms with Gasteiger partial charge < -0.3 is 20.7 Å². The first-order valence-corrected chi connectivity index (χ1v) is 6.00. The molecule has 1 saturated heterocycles. The minimum absolute atomic E-state index is 0.417. The molecule has 100 valence electrons. The number of rotatable bonds is 2. The summed E-state index contributed by atoms with van der Waals surface area (Å²) >= 11 is 3.14. The van der Waals surface area contributed by atoms with Crippen LogP contribution in [0.15, 0.2) is 11.0 Å². The van der Waals surface area contributed by atoms with E-state index in [-0.39, 0.29) is 0 Å². The maximum Gasteiger partial charge on any atom is 0.351 e. The van der Waals surface area contributed by atoms with Crippen LogP contribution in [-0.2, 0) is 4.74 Å². The van der Waals surface area contributed by atoms with Gasteiger partial charge in [-0.05, 0) is 0 Å². The van der Waals surface area contributed by atoms with Crippen molar-refractivity contribution in [2.75, 3.05) is 12.3 Å². The zero-order chi connectivity index (χ0) is 13.4. The van der Waals surface area contributed by atoms with Gasteiger partial charge in [0.05, 0.1) is 23.7 Å². The number of hydrogen-bond acceptors (Lipinski definition) is 6. The smallest absolute Gasteiger partial charge is 0.351 e. The van der Waals surface area contributed by atoms with Crippen LogP contribution in [-0.4, -0.2) is 43.4 Å². The molecule has 0 saturated carbocycles. The topological polar surface area (TPSA) is 111 Å². The van der Waals surface area contributed by atoms with E-state index >= 15 is 0 Å². The van der Waals surface area contributed by atoms with E-state index in [1.165, 1.54) is 0 Å². The number of nitrogen functional groups attached to an aromatic ring is 1. The number of nitrogens with zero attached hydrogens (tertiary/aromatic N) is 2. The molecule has 0 aliphatic carbocycles. The van der Waals surface area contributed by atoms with Crippen molar-refractivity contribution in [1.29, 1.82) is 0 Å². The van der Waals surface area contributed by atoms with E-state index in [4.69, 9.17) is 15.6 Å². The van der Waals surface area contributed by atoms with Gasteiger partial charge in [-0.2, -0.15) is 4.98 Å². The Morgan fingerprint density at radius 2 is 2.33 bits per heavy atom. The summed E-state index contributed by atoms with van der Waals surface area (Å²) in [6.07, 6.45) is -1.98. The summed E-state index contributed by atoms with van der Waals surface area (Å²) in [5.74, 6) is -1.36. The Morgan fingerprint density at radius 1 is 1.67 bits per heavy atom. The van der Waals surface area contributed by atoms with Gasteiger partial charge in [0.25, 0.3) is 0 Å². The molecule has 18 heavy (non-hydrogen) atoms. The van der Waals surface area contributed by atoms with Crippen LogP contribution in [0.25, 0.3) is 0 Å². The number of aromatic nitrogens is 2. The van der Waals surface area contributed by atoms with Gasteiger partial charge in [0.15, 0.2) is 17.9 Å². The first-order valence-electron chi connectivity index (χ1n) is 5.08. The summed E-state index contributed by atoms with van der Waals surface area (Å²) in [6.45, 7) is -0.417.